The minimum atomic E-state index is -0.631. The molecule has 0 amide bonds. The van der Waals surface area contributed by atoms with E-state index in [9.17, 15) is 9.90 Å². The van der Waals surface area contributed by atoms with Crippen molar-refractivity contribution in [3.63, 3.8) is 0 Å². The zero-order valence-corrected chi connectivity index (χ0v) is 11.0. The second-order valence-electron chi connectivity index (χ2n) is 6.31. The normalized spacial score (nSPS) is 33.7. The molecule has 0 aliphatic heterocycles. The summed E-state index contributed by atoms with van der Waals surface area (Å²) in [7, 11) is 0. The van der Waals surface area contributed by atoms with Crippen LogP contribution in [0.1, 0.15) is 44.8 Å². The van der Waals surface area contributed by atoms with E-state index in [1.54, 1.807) is 0 Å². The Morgan fingerprint density at radius 3 is 2.72 bits per heavy atom. The van der Waals surface area contributed by atoms with Crippen molar-refractivity contribution < 1.29 is 9.90 Å². The number of nitrogens with zero attached hydrogens (tertiary/aromatic N) is 2. The van der Waals surface area contributed by atoms with Crippen LogP contribution in [-0.2, 0) is 11.2 Å². The quantitative estimate of drug-likeness (QED) is 0.890. The maximum absolute atomic E-state index is 11.6. The van der Waals surface area contributed by atoms with Crippen LogP contribution >= 0.6 is 0 Å². The molecule has 2 aliphatic carbocycles. The van der Waals surface area contributed by atoms with Gasteiger partial charge in [0.25, 0.3) is 0 Å². The summed E-state index contributed by atoms with van der Waals surface area (Å²) in [5, 5.41) is 14.0. The number of fused-ring (bicyclic) bond motifs is 1. The van der Waals surface area contributed by atoms with Gasteiger partial charge in [0.05, 0.1) is 11.1 Å². The van der Waals surface area contributed by atoms with Crippen molar-refractivity contribution in [2.24, 2.45) is 17.3 Å². The number of aliphatic carboxylic acids is 1. The van der Waals surface area contributed by atoms with Gasteiger partial charge in [-0.2, -0.15) is 5.10 Å². The fourth-order valence-corrected chi connectivity index (χ4v) is 3.40. The molecule has 2 unspecified atom stereocenters. The molecule has 0 aromatic carbocycles. The highest BCUT2D eigenvalue weighted by Crippen LogP contribution is 2.60. The second-order valence-corrected chi connectivity index (χ2v) is 6.31. The van der Waals surface area contributed by atoms with Crippen molar-refractivity contribution >= 4 is 5.97 Å². The predicted molar refractivity (Wildman–Crippen MR) is 67.2 cm³/mol. The number of carboxylic acids is 1. The molecule has 2 atom stereocenters. The average molecular weight is 248 g/mol. The fraction of sp³-hybridized carbons (Fsp3) is 0.714. The lowest BCUT2D eigenvalue weighted by Crippen LogP contribution is -2.32. The van der Waals surface area contributed by atoms with Crippen molar-refractivity contribution in [3.8, 4) is 0 Å². The standard InChI is InChI=1S/C14H20N2O2/c1-9(2)16-4-3-12(15-16)8-14(13(17)18)6-10-5-11(10)7-14/h3-4,9-11H,5-8H2,1-2H3,(H,17,18). The Labute approximate surface area is 107 Å². The van der Waals surface area contributed by atoms with Crippen LogP contribution in [0.15, 0.2) is 12.3 Å². The number of hydrogen-bond donors (Lipinski definition) is 1. The maximum atomic E-state index is 11.6. The summed E-state index contributed by atoms with van der Waals surface area (Å²) >= 11 is 0. The van der Waals surface area contributed by atoms with Gasteiger partial charge in [-0.15, -0.1) is 0 Å². The summed E-state index contributed by atoms with van der Waals surface area (Å²) in [6.45, 7) is 4.16. The molecule has 4 heteroatoms. The summed E-state index contributed by atoms with van der Waals surface area (Å²) in [5.74, 6) is 0.718. The van der Waals surface area contributed by atoms with Crippen molar-refractivity contribution in [2.75, 3.05) is 0 Å². The molecule has 3 rings (SSSR count). The Morgan fingerprint density at radius 1 is 1.56 bits per heavy atom. The highest BCUT2D eigenvalue weighted by Gasteiger charge is 2.57. The van der Waals surface area contributed by atoms with Gasteiger partial charge < -0.3 is 5.11 Å². The summed E-state index contributed by atoms with van der Waals surface area (Å²) in [6.07, 6.45) is 5.48. The molecule has 0 bridgehead atoms. The third-order valence-corrected chi connectivity index (χ3v) is 4.54. The topological polar surface area (TPSA) is 55.1 Å². The van der Waals surface area contributed by atoms with E-state index in [-0.39, 0.29) is 0 Å². The van der Waals surface area contributed by atoms with Gasteiger partial charge in [0, 0.05) is 18.7 Å². The van der Waals surface area contributed by atoms with Crippen LogP contribution in [0.2, 0.25) is 0 Å². The SMILES string of the molecule is CC(C)n1ccc(CC2(C(=O)O)CC3CC3C2)n1. The highest BCUT2D eigenvalue weighted by molar-refractivity contribution is 5.76. The minimum Gasteiger partial charge on any atom is -0.481 e. The summed E-state index contributed by atoms with van der Waals surface area (Å²) < 4.78 is 1.90. The number of carboxylic acid groups (broad SMARTS) is 1. The molecule has 0 saturated heterocycles. The third-order valence-electron chi connectivity index (χ3n) is 4.54. The van der Waals surface area contributed by atoms with Crippen LogP contribution in [0.25, 0.3) is 0 Å². The van der Waals surface area contributed by atoms with Gasteiger partial charge in [0.1, 0.15) is 0 Å². The Kier molecular flexibility index (Phi) is 2.50. The van der Waals surface area contributed by atoms with Gasteiger partial charge >= 0.3 is 5.97 Å². The smallest absolute Gasteiger partial charge is 0.310 e. The van der Waals surface area contributed by atoms with Crippen LogP contribution in [0.5, 0.6) is 0 Å². The van der Waals surface area contributed by atoms with Crippen molar-refractivity contribution in [1.82, 2.24) is 9.78 Å². The molecule has 4 nitrogen and oxygen atoms in total. The van der Waals surface area contributed by atoms with Gasteiger partial charge in [-0.3, -0.25) is 9.48 Å². The Hall–Kier alpha value is -1.32. The molecule has 2 fully saturated rings. The van der Waals surface area contributed by atoms with Crippen LogP contribution in [-0.4, -0.2) is 20.9 Å². The summed E-state index contributed by atoms with van der Waals surface area (Å²) in [6, 6.07) is 2.30. The Balaban J connectivity index is 1.78. The van der Waals surface area contributed by atoms with Gasteiger partial charge in [0.15, 0.2) is 0 Å². The second kappa shape index (κ2) is 3.84. The monoisotopic (exact) mass is 248 g/mol. The van der Waals surface area contributed by atoms with E-state index in [1.165, 1.54) is 6.42 Å². The van der Waals surface area contributed by atoms with Crippen LogP contribution in [0.4, 0.5) is 0 Å². The first kappa shape index (κ1) is 11.8. The Bertz CT molecular complexity index is 468. The molecule has 0 spiro atoms. The predicted octanol–water partition coefficient (Wildman–Crippen LogP) is 2.51. The van der Waals surface area contributed by atoms with E-state index < -0.39 is 11.4 Å². The number of aromatic nitrogens is 2. The molecule has 2 aliphatic rings. The number of carbonyl (C=O) groups is 1. The van der Waals surface area contributed by atoms with E-state index in [2.05, 4.69) is 18.9 Å². The highest BCUT2D eigenvalue weighted by atomic mass is 16.4. The van der Waals surface area contributed by atoms with Gasteiger partial charge in [-0.25, -0.2) is 0 Å². The van der Waals surface area contributed by atoms with Gasteiger partial charge in [-0.1, -0.05) is 0 Å². The maximum Gasteiger partial charge on any atom is 0.310 e. The summed E-state index contributed by atoms with van der Waals surface area (Å²) in [4.78, 5) is 11.6. The first-order chi connectivity index (χ1) is 8.50. The molecule has 2 saturated carbocycles. The van der Waals surface area contributed by atoms with Gasteiger partial charge in [-0.05, 0) is 51.0 Å². The summed E-state index contributed by atoms with van der Waals surface area (Å²) in [5.41, 5.74) is 0.386. The zero-order valence-electron chi connectivity index (χ0n) is 11.0. The first-order valence-corrected chi connectivity index (χ1v) is 6.77. The van der Waals surface area contributed by atoms with E-state index >= 15 is 0 Å². The van der Waals surface area contributed by atoms with Crippen LogP contribution < -0.4 is 0 Å². The van der Waals surface area contributed by atoms with Crippen molar-refractivity contribution in [2.45, 2.75) is 45.6 Å². The molecular weight excluding hydrogens is 228 g/mol. The molecule has 1 aromatic rings. The molecule has 0 radical (unpaired) electrons. The fourth-order valence-electron chi connectivity index (χ4n) is 3.40. The molecular formula is C14H20N2O2. The zero-order chi connectivity index (χ0) is 12.9. The lowest BCUT2D eigenvalue weighted by atomic mass is 9.79. The molecule has 1 aromatic heterocycles. The molecule has 98 valence electrons. The third kappa shape index (κ3) is 1.84. The van der Waals surface area contributed by atoms with E-state index in [0.29, 0.717) is 24.3 Å². The number of rotatable bonds is 4. The minimum absolute atomic E-state index is 0.330. The average Bonchev–Trinajstić information content (AvgIpc) is 2.77. The molecule has 1 heterocycles. The Morgan fingerprint density at radius 2 is 2.22 bits per heavy atom. The van der Waals surface area contributed by atoms with Crippen molar-refractivity contribution in [1.29, 1.82) is 0 Å². The van der Waals surface area contributed by atoms with E-state index in [0.717, 1.165) is 18.5 Å². The lowest BCUT2D eigenvalue weighted by molar-refractivity contribution is -0.149. The molecule has 18 heavy (non-hydrogen) atoms. The van der Waals surface area contributed by atoms with E-state index in [4.69, 9.17) is 0 Å². The van der Waals surface area contributed by atoms with Crippen LogP contribution in [0, 0.1) is 17.3 Å². The van der Waals surface area contributed by atoms with Crippen molar-refractivity contribution in [3.05, 3.63) is 18.0 Å². The van der Waals surface area contributed by atoms with E-state index in [1.807, 2.05) is 16.9 Å². The first-order valence-electron chi connectivity index (χ1n) is 6.77. The lowest BCUT2D eigenvalue weighted by Gasteiger charge is -2.24. The largest absolute Gasteiger partial charge is 0.481 e. The van der Waals surface area contributed by atoms with Gasteiger partial charge in [0.2, 0.25) is 0 Å². The van der Waals surface area contributed by atoms with Crippen LogP contribution in [0.3, 0.4) is 0 Å². The molecule has 1 N–H and O–H groups in total. The number of hydrogen-bond acceptors (Lipinski definition) is 2.